The summed E-state index contributed by atoms with van der Waals surface area (Å²) in [6.45, 7) is 7.04. The summed E-state index contributed by atoms with van der Waals surface area (Å²) >= 11 is 0. The van der Waals surface area contributed by atoms with Crippen LogP contribution >= 0.6 is 0 Å². The number of nitrogens with one attached hydrogen (secondary N) is 1. The van der Waals surface area contributed by atoms with Gasteiger partial charge in [-0.15, -0.1) is 0 Å². The summed E-state index contributed by atoms with van der Waals surface area (Å²) in [4.78, 5) is 26.3. The van der Waals surface area contributed by atoms with Crippen molar-refractivity contribution >= 4 is 17.2 Å². The molecule has 0 radical (unpaired) electrons. The van der Waals surface area contributed by atoms with Crippen LogP contribution in [0.4, 0.5) is 30.4 Å². The molecule has 2 aromatic heterocycles. The monoisotopic (exact) mass is 530 g/mol. The van der Waals surface area contributed by atoms with Gasteiger partial charge in [-0.25, -0.2) is 9.97 Å². The van der Waals surface area contributed by atoms with Gasteiger partial charge in [0.05, 0.1) is 23.4 Å². The minimum atomic E-state index is -4.62. The van der Waals surface area contributed by atoms with Crippen molar-refractivity contribution in [1.29, 1.82) is 0 Å². The van der Waals surface area contributed by atoms with Crippen LogP contribution in [0.2, 0.25) is 0 Å². The molecule has 1 aromatic carbocycles. The molecule has 3 heterocycles. The summed E-state index contributed by atoms with van der Waals surface area (Å²) < 4.78 is 49.5. The highest BCUT2D eigenvalue weighted by Gasteiger charge is 2.37. The summed E-state index contributed by atoms with van der Waals surface area (Å²) in [5, 5.41) is 3.32. The predicted molar refractivity (Wildman–Crippen MR) is 143 cm³/mol. The lowest BCUT2D eigenvalue weighted by Gasteiger charge is -2.23. The number of aromatic nitrogens is 3. The minimum Gasteiger partial charge on any atom is -0.378 e. The van der Waals surface area contributed by atoms with Crippen molar-refractivity contribution in [2.24, 2.45) is 0 Å². The van der Waals surface area contributed by atoms with Crippen LogP contribution in [0, 0.1) is 6.92 Å². The second-order valence-corrected chi connectivity index (χ2v) is 9.40. The molecule has 11 heteroatoms. The lowest BCUT2D eigenvalue weighted by molar-refractivity contribution is -0.137. The van der Waals surface area contributed by atoms with E-state index in [9.17, 15) is 18.0 Å². The van der Waals surface area contributed by atoms with Crippen LogP contribution in [0.5, 0.6) is 0 Å². The number of rotatable bonds is 8. The van der Waals surface area contributed by atoms with E-state index in [2.05, 4.69) is 20.2 Å². The number of anilines is 3. The highest BCUT2D eigenvalue weighted by atomic mass is 19.4. The van der Waals surface area contributed by atoms with Crippen LogP contribution in [0.3, 0.4) is 0 Å². The Labute approximate surface area is 220 Å². The first-order valence-electron chi connectivity index (χ1n) is 12.6. The van der Waals surface area contributed by atoms with E-state index in [0.29, 0.717) is 31.1 Å². The second-order valence-electron chi connectivity index (χ2n) is 9.40. The fraction of sp³-hybridized carbons (Fsp3) is 0.444. The SMILES string of the molecule is CCO[C@@H]1CN(c2ccccn2)C[C@H]1Nc1c(C)nc(-c2ccc(N(C)C)cc2C(F)(F)F)n(CC)c1=O. The number of halogens is 3. The molecule has 0 bridgehead atoms. The van der Waals surface area contributed by atoms with Gasteiger partial charge in [0.1, 0.15) is 17.3 Å². The maximum absolute atomic E-state index is 14.1. The van der Waals surface area contributed by atoms with Crippen molar-refractivity contribution in [3.05, 3.63) is 64.2 Å². The highest BCUT2D eigenvalue weighted by Crippen LogP contribution is 2.38. The molecule has 3 aromatic rings. The van der Waals surface area contributed by atoms with Gasteiger partial charge in [0.25, 0.3) is 5.56 Å². The zero-order valence-electron chi connectivity index (χ0n) is 22.2. The van der Waals surface area contributed by atoms with Crippen molar-refractivity contribution in [2.45, 2.75) is 45.6 Å². The molecule has 1 aliphatic rings. The second kappa shape index (κ2) is 11.0. The Balaban J connectivity index is 1.74. The Morgan fingerprint density at radius 3 is 2.53 bits per heavy atom. The van der Waals surface area contributed by atoms with Gasteiger partial charge in [-0.3, -0.25) is 9.36 Å². The Bertz CT molecular complexity index is 1330. The first kappa shape index (κ1) is 27.4. The number of nitrogens with zero attached hydrogens (tertiary/aromatic N) is 5. The predicted octanol–water partition coefficient (Wildman–Crippen LogP) is 4.42. The number of ether oxygens (including phenoxy) is 1. The maximum Gasteiger partial charge on any atom is 0.417 e. The van der Waals surface area contributed by atoms with Gasteiger partial charge in [0.15, 0.2) is 0 Å². The normalized spacial score (nSPS) is 17.6. The van der Waals surface area contributed by atoms with Crippen molar-refractivity contribution in [1.82, 2.24) is 14.5 Å². The third-order valence-corrected chi connectivity index (χ3v) is 6.68. The number of hydrogen-bond acceptors (Lipinski definition) is 7. The number of aryl methyl sites for hydroxylation is 1. The van der Waals surface area contributed by atoms with Crippen molar-refractivity contribution in [2.75, 3.05) is 48.9 Å². The Hall–Kier alpha value is -3.60. The fourth-order valence-electron chi connectivity index (χ4n) is 4.77. The molecule has 0 spiro atoms. The molecule has 204 valence electrons. The van der Waals surface area contributed by atoms with E-state index in [1.807, 2.05) is 25.1 Å². The zero-order chi connectivity index (χ0) is 27.6. The number of alkyl halides is 3. The largest absolute Gasteiger partial charge is 0.417 e. The van der Waals surface area contributed by atoms with Crippen molar-refractivity contribution in [3.8, 4) is 11.4 Å². The van der Waals surface area contributed by atoms with Crippen LogP contribution in [0.25, 0.3) is 11.4 Å². The topological polar surface area (TPSA) is 75.5 Å². The quantitative estimate of drug-likeness (QED) is 0.462. The van der Waals surface area contributed by atoms with E-state index < -0.39 is 17.3 Å². The van der Waals surface area contributed by atoms with Crippen LogP contribution in [0.15, 0.2) is 47.4 Å². The van der Waals surface area contributed by atoms with Crippen LogP contribution in [-0.2, 0) is 17.5 Å². The zero-order valence-corrected chi connectivity index (χ0v) is 22.2. The minimum absolute atomic E-state index is 0.0129. The lowest BCUT2D eigenvalue weighted by Crippen LogP contribution is -2.38. The summed E-state index contributed by atoms with van der Waals surface area (Å²) in [6.07, 6.45) is -3.11. The Kier molecular flexibility index (Phi) is 7.96. The third kappa shape index (κ3) is 5.47. The number of pyridine rings is 1. The van der Waals surface area contributed by atoms with Crippen LogP contribution in [-0.4, -0.2) is 60.5 Å². The molecule has 1 fully saturated rings. The highest BCUT2D eigenvalue weighted by molar-refractivity contribution is 5.68. The lowest BCUT2D eigenvalue weighted by atomic mass is 10.0. The molecule has 38 heavy (non-hydrogen) atoms. The van der Waals surface area contributed by atoms with Gasteiger partial charge in [-0.05, 0) is 51.1 Å². The molecule has 0 aliphatic carbocycles. The average Bonchev–Trinajstić information content (AvgIpc) is 3.28. The molecule has 0 unspecified atom stereocenters. The standard InChI is InChI=1S/C27H33F3N6O2/c1-6-36-25(19-12-11-18(34(4)5)14-20(19)27(28,29)30)32-17(3)24(26(36)37)33-21-15-35(16-22(21)38-7-2)23-10-8-9-13-31-23/h8-14,21-22,33H,6-7,15-16H2,1-5H3/t21-,22-/m1/s1. The van der Waals surface area contributed by atoms with Crippen LogP contribution in [0.1, 0.15) is 25.1 Å². The third-order valence-electron chi connectivity index (χ3n) is 6.68. The summed E-state index contributed by atoms with van der Waals surface area (Å²) in [5.41, 5.74) is -0.409. The molecule has 1 N–H and O–H groups in total. The molecule has 8 nitrogen and oxygen atoms in total. The molecular formula is C27H33F3N6O2. The van der Waals surface area contributed by atoms with Gasteiger partial charge in [0, 0.05) is 57.8 Å². The summed E-state index contributed by atoms with van der Waals surface area (Å²) in [6, 6.07) is 9.48. The number of benzene rings is 1. The average molecular weight is 531 g/mol. The fourth-order valence-corrected chi connectivity index (χ4v) is 4.77. The smallest absolute Gasteiger partial charge is 0.378 e. The van der Waals surface area contributed by atoms with Gasteiger partial charge in [-0.2, -0.15) is 13.2 Å². The van der Waals surface area contributed by atoms with E-state index >= 15 is 0 Å². The molecule has 1 aliphatic heterocycles. The first-order valence-corrected chi connectivity index (χ1v) is 12.6. The van der Waals surface area contributed by atoms with Gasteiger partial charge in [-0.1, -0.05) is 6.07 Å². The van der Waals surface area contributed by atoms with Crippen LogP contribution < -0.4 is 20.7 Å². The Morgan fingerprint density at radius 2 is 1.92 bits per heavy atom. The van der Waals surface area contributed by atoms with Crippen molar-refractivity contribution < 1.29 is 17.9 Å². The van der Waals surface area contributed by atoms with E-state index in [4.69, 9.17) is 4.74 Å². The Morgan fingerprint density at radius 1 is 1.16 bits per heavy atom. The van der Waals surface area contributed by atoms with Crippen molar-refractivity contribution in [3.63, 3.8) is 0 Å². The van der Waals surface area contributed by atoms with E-state index in [1.165, 1.54) is 10.6 Å². The summed E-state index contributed by atoms with van der Waals surface area (Å²) in [7, 11) is 3.35. The number of hydrogen-bond donors (Lipinski definition) is 1. The first-order chi connectivity index (χ1) is 18.0. The molecule has 0 saturated carbocycles. The summed E-state index contributed by atoms with van der Waals surface area (Å²) in [5.74, 6) is 0.791. The molecule has 0 amide bonds. The van der Waals surface area contributed by atoms with Gasteiger partial charge >= 0.3 is 6.18 Å². The van der Waals surface area contributed by atoms with E-state index in [-0.39, 0.29) is 35.8 Å². The maximum atomic E-state index is 14.1. The molecule has 4 rings (SSSR count). The molecular weight excluding hydrogens is 497 g/mol. The molecule has 2 atom stereocenters. The van der Waals surface area contributed by atoms with Gasteiger partial charge in [0.2, 0.25) is 0 Å². The van der Waals surface area contributed by atoms with E-state index in [1.54, 1.807) is 45.1 Å². The molecule has 1 saturated heterocycles. The van der Waals surface area contributed by atoms with E-state index in [0.717, 1.165) is 11.9 Å². The van der Waals surface area contributed by atoms with Gasteiger partial charge < -0.3 is 19.9 Å².